The van der Waals surface area contributed by atoms with Crippen LogP contribution in [0.5, 0.6) is 11.5 Å². The average Bonchev–Trinajstić information content (AvgIpc) is 3.32. The lowest BCUT2D eigenvalue weighted by atomic mass is 10.0. The van der Waals surface area contributed by atoms with Crippen LogP contribution in [0.3, 0.4) is 0 Å². The van der Waals surface area contributed by atoms with E-state index < -0.39 is 0 Å². The fourth-order valence-corrected chi connectivity index (χ4v) is 4.26. The van der Waals surface area contributed by atoms with Crippen LogP contribution in [0.1, 0.15) is 52.8 Å². The van der Waals surface area contributed by atoms with Gasteiger partial charge in [-0.3, -0.25) is 9.69 Å². The van der Waals surface area contributed by atoms with Crippen LogP contribution >= 0.6 is 0 Å². The van der Waals surface area contributed by atoms with Crippen LogP contribution < -0.4 is 9.47 Å². The van der Waals surface area contributed by atoms with Gasteiger partial charge in [-0.1, -0.05) is 38.1 Å². The fraction of sp³-hybridized carbons (Fsp3) is 0.393. The van der Waals surface area contributed by atoms with Crippen molar-refractivity contribution in [3.05, 3.63) is 82.8 Å². The fourth-order valence-electron chi connectivity index (χ4n) is 4.26. The summed E-state index contributed by atoms with van der Waals surface area (Å²) in [5.41, 5.74) is 3.53. The van der Waals surface area contributed by atoms with Gasteiger partial charge in [0.2, 0.25) is 0 Å². The molecule has 0 radical (unpaired) electrons. The number of hydrogen-bond donors (Lipinski definition) is 0. The Balaban J connectivity index is 1.30. The molecule has 1 aliphatic heterocycles. The number of amides is 1. The molecule has 3 aromatic rings. The molecule has 2 aromatic carbocycles. The Hall–Kier alpha value is -3.25. The zero-order chi connectivity index (χ0) is 24.1. The van der Waals surface area contributed by atoms with Crippen LogP contribution in [0.4, 0.5) is 0 Å². The Bertz CT molecular complexity index is 1110. The Kier molecular flexibility index (Phi) is 7.58. The summed E-state index contributed by atoms with van der Waals surface area (Å²) >= 11 is 0. The highest BCUT2D eigenvalue weighted by Gasteiger charge is 2.24. The van der Waals surface area contributed by atoms with Crippen molar-refractivity contribution < 1.29 is 18.7 Å². The maximum absolute atomic E-state index is 13.0. The molecule has 2 heterocycles. The minimum absolute atomic E-state index is 0.0642. The van der Waals surface area contributed by atoms with Gasteiger partial charge < -0.3 is 18.8 Å². The summed E-state index contributed by atoms with van der Waals surface area (Å²) in [4.78, 5) is 17.2. The van der Waals surface area contributed by atoms with Crippen molar-refractivity contribution in [3.63, 3.8) is 0 Å². The van der Waals surface area contributed by atoms with E-state index in [1.807, 2.05) is 23.1 Å². The topological polar surface area (TPSA) is 55.2 Å². The van der Waals surface area contributed by atoms with Crippen molar-refractivity contribution in [3.8, 4) is 11.5 Å². The largest absolute Gasteiger partial charge is 0.497 e. The first-order valence-corrected chi connectivity index (χ1v) is 11.9. The summed E-state index contributed by atoms with van der Waals surface area (Å²) in [5, 5.41) is 0. The molecule has 0 aliphatic carbocycles. The third kappa shape index (κ3) is 5.81. The quantitative estimate of drug-likeness (QED) is 0.457. The van der Waals surface area contributed by atoms with Gasteiger partial charge in [0.15, 0.2) is 5.76 Å². The molecule has 6 nitrogen and oxygen atoms in total. The van der Waals surface area contributed by atoms with Crippen LogP contribution in [0, 0.1) is 6.92 Å². The zero-order valence-corrected chi connectivity index (χ0v) is 20.5. The number of nitrogens with zero attached hydrogens (tertiary/aromatic N) is 2. The summed E-state index contributed by atoms with van der Waals surface area (Å²) in [6, 6.07) is 18.0. The number of aryl methyl sites for hydroxylation is 1. The molecule has 0 bridgehead atoms. The van der Waals surface area contributed by atoms with Crippen molar-refractivity contribution >= 4 is 5.91 Å². The molecule has 1 aliphatic rings. The molecule has 1 amide bonds. The summed E-state index contributed by atoms with van der Waals surface area (Å²) in [6.07, 6.45) is 0. The first kappa shape index (κ1) is 23.9. The van der Waals surface area contributed by atoms with E-state index in [9.17, 15) is 4.79 Å². The summed E-state index contributed by atoms with van der Waals surface area (Å²) in [5.74, 6) is 3.06. The van der Waals surface area contributed by atoms with E-state index in [1.54, 1.807) is 13.2 Å². The number of carbonyl (C=O) groups is 1. The van der Waals surface area contributed by atoms with Gasteiger partial charge in [0, 0.05) is 32.7 Å². The first-order chi connectivity index (χ1) is 16.4. The molecule has 1 aromatic heterocycles. The number of furan rings is 1. The second-order valence-electron chi connectivity index (χ2n) is 9.17. The number of hydrogen-bond acceptors (Lipinski definition) is 5. The summed E-state index contributed by atoms with van der Waals surface area (Å²) < 4.78 is 17.2. The van der Waals surface area contributed by atoms with E-state index in [2.05, 4.69) is 56.0 Å². The van der Waals surface area contributed by atoms with Gasteiger partial charge in [-0.2, -0.15) is 0 Å². The van der Waals surface area contributed by atoms with Gasteiger partial charge in [-0.25, -0.2) is 0 Å². The van der Waals surface area contributed by atoms with Crippen LogP contribution in [-0.2, 0) is 13.2 Å². The monoisotopic (exact) mass is 462 g/mol. The standard InChI is InChI=1S/C28H34N2O4/c1-20(2)25-10-8-21(3)16-27(25)33-19-24-9-11-26(34-24)28(31)30-14-12-29(13-15-30)18-22-6-5-7-23(17-22)32-4/h5-11,16-17,20H,12-15,18-19H2,1-4H3. The maximum Gasteiger partial charge on any atom is 0.289 e. The minimum Gasteiger partial charge on any atom is -0.497 e. The molecule has 1 fully saturated rings. The number of carbonyl (C=O) groups excluding carboxylic acids is 1. The number of piperazine rings is 1. The van der Waals surface area contributed by atoms with Gasteiger partial charge in [-0.15, -0.1) is 0 Å². The molecule has 180 valence electrons. The van der Waals surface area contributed by atoms with E-state index in [0.717, 1.165) is 36.7 Å². The normalized spacial score (nSPS) is 14.4. The predicted molar refractivity (Wildman–Crippen MR) is 132 cm³/mol. The van der Waals surface area contributed by atoms with Crippen molar-refractivity contribution in [2.24, 2.45) is 0 Å². The SMILES string of the molecule is COc1cccc(CN2CCN(C(=O)c3ccc(COc4cc(C)ccc4C(C)C)o3)CC2)c1. The van der Waals surface area contributed by atoms with Gasteiger partial charge in [0.25, 0.3) is 5.91 Å². The number of ether oxygens (including phenoxy) is 2. The van der Waals surface area contributed by atoms with Crippen LogP contribution in [-0.4, -0.2) is 49.0 Å². The van der Waals surface area contributed by atoms with Crippen molar-refractivity contribution in [1.29, 1.82) is 0 Å². The maximum atomic E-state index is 13.0. The number of methoxy groups -OCH3 is 1. The van der Waals surface area contributed by atoms with Crippen molar-refractivity contribution in [1.82, 2.24) is 9.80 Å². The Morgan fingerprint density at radius 1 is 1.03 bits per heavy atom. The van der Waals surface area contributed by atoms with Crippen LogP contribution in [0.15, 0.2) is 59.0 Å². The molecule has 0 atom stereocenters. The third-order valence-corrected chi connectivity index (χ3v) is 6.23. The molecular weight excluding hydrogens is 428 g/mol. The second-order valence-corrected chi connectivity index (χ2v) is 9.17. The molecule has 0 unspecified atom stereocenters. The van der Waals surface area contributed by atoms with Crippen LogP contribution in [0.2, 0.25) is 0 Å². The van der Waals surface area contributed by atoms with Gasteiger partial charge >= 0.3 is 0 Å². The van der Waals surface area contributed by atoms with E-state index in [4.69, 9.17) is 13.9 Å². The van der Waals surface area contributed by atoms with Crippen molar-refractivity contribution in [2.75, 3.05) is 33.3 Å². The molecular formula is C28H34N2O4. The lowest BCUT2D eigenvalue weighted by Gasteiger charge is -2.34. The van der Waals surface area contributed by atoms with E-state index in [0.29, 0.717) is 37.1 Å². The Labute approximate surface area is 202 Å². The molecule has 0 N–H and O–H groups in total. The Morgan fingerprint density at radius 2 is 1.82 bits per heavy atom. The lowest BCUT2D eigenvalue weighted by molar-refractivity contribution is 0.0594. The average molecular weight is 463 g/mol. The van der Waals surface area contributed by atoms with Gasteiger partial charge in [-0.05, 0) is 59.9 Å². The first-order valence-electron chi connectivity index (χ1n) is 11.9. The zero-order valence-electron chi connectivity index (χ0n) is 20.5. The molecule has 1 saturated heterocycles. The molecule has 6 heteroatoms. The lowest BCUT2D eigenvalue weighted by Crippen LogP contribution is -2.48. The van der Waals surface area contributed by atoms with Crippen LogP contribution in [0.25, 0.3) is 0 Å². The summed E-state index contributed by atoms with van der Waals surface area (Å²) in [6.45, 7) is 10.5. The minimum atomic E-state index is -0.0642. The highest BCUT2D eigenvalue weighted by Crippen LogP contribution is 2.28. The van der Waals surface area contributed by atoms with E-state index in [1.165, 1.54) is 11.1 Å². The third-order valence-electron chi connectivity index (χ3n) is 6.23. The highest BCUT2D eigenvalue weighted by atomic mass is 16.5. The smallest absolute Gasteiger partial charge is 0.289 e. The van der Waals surface area contributed by atoms with Gasteiger partial charge in [0.05, 0.1) is 7.11 Å². The molecule has 34 heavy (non-hydrogen) atoms. The van der Waals surface area contributed by atoms with Crippen molar-refractivity contribution in [2.45, 2.75) is 39.8 Å². The van der Waals surface area contributed by atoms with E-state index in [-0.39, 0.29) is 5.91 Å². The molecule has 4 rings (SSSR count). The Morgan fingerprint density at radius 3 is 2.56 bits per heavy atom. The second kappa shape index (κ2) is 10.8. The predicted octanol–water partition coefficient (Wildman–Crippen LogP) is 5.26. The molecule has 0 saturated carbocycles. The van der Waals surface area contributed by atoms with Gasteiger partial charge in [0.1, 0.15) is 23.9 Å². The van der Waals surface area contributed by atoms with E-state index >= 15 is 0 Å². The highest BCUT2D eigenvalue weighted by molar-refractivity contribution is 5.91. The summed E-state index contributed by atoms with van der Waals surface area (Å²) in [7, 11) is 1.68. The number of rotatable bonds is 8. The number of benzene rings is 2. The molecule has 0 spiro atoms.